The molecule has 9 aromatic carbocycles. The van der Waals surface area contributed by atoms with Crippen molar-refractivity contribution in [1.29, 1.82) is 0 Å². The molecule has 306 valence electrons. The zero-order valence-electron chi connectivity index (χ0n) is 35.8. The van der Waals surface area contributed by atoms with Crippen molar-refractivity contribution in [2.24, 2.45) is 0 Å². The molecule has 4 heteroatoms. The highest BCUT2D eigenvalue weighted by Crippen LogP contribution is 2.46. The number of aromatic nitrogens is 4. The van der Waals surface area contributed by atoms with Gasteiger partial charge in [-0.25, -0.2) is 0 Å². The Bertz CT molecular complexity index is 3970. The lowest BCUT2D eigenvalue weighted by molar-refractivity contribution is 0.523. The predicted molar refractivity (Wildman–Crippen MR) is 273 cm³/mol. The largest absolute Gasteiger partial charge is 0.333 e. The van der Waals surface area contributed by atoms with Crippen molar-refractivity contribution in [1.82, 2.24) is 18.3 Å². The van der Waals surface area contributed by atoms with E-state index in [9.17, 15) is 0 Å². The molecule has 0 bridgehead atoms. The second-order valence-electron chi connectivity index (χ2n) is 17.7. The third-order valence-electron chi connectivity index (χ3n) is 14.4. The fourth-order valence-electron chi connectivity index (χ4n) is 11.5. The summed E-state index contributed by atoms with van der Waals surface area (Å²) in [5.41, 5.74) is 17.1. The smallest absolute Gasteiger partial charge is 0.0606 e. The van der Waals surface area contributed by atoms with Crippen LogP contribution in [-0.4, -0.2) is 18.3 Å². The Morgan fingerprint density at radius 2 is 0.692 bits per heavy atom. The highest BCUT2D eigenvalue weighted by Gasteiger charge is 2.32. The Labute approximate surface area is 375 Å². The third-order valence-corrected chi connectivity index (χ3v) is 14.4. The molecule has 1 aliphatic carbocycles. The molecule has 14 rings (SSSR count). The van der Waals surface area contributed by atoms with Gasteiger partial charge in [-0.3, -0.25) is 0 Å². The molecule has 0 spiro atoms. The van der Waals surface area contributed by atoms with Crippen LogP contribution in [0.25, 0.3) is 111 Å². The maximum Gasteiger partial charge on any atom is 0.0606 e. The average Bonchev–Trinajstić information content (AvgIpc) is 4.10. The molecule has 2 atom stereocenters. The Morgan fingerprint density at radius 1 is 0.323 bits per heavy atom. The second kappa shape index (κ2) is 13.8. The summed E-state index contributed by atoms with van der Waals surface area (Å²) in [4.78, 5) is 0. The first kappa shape index (κ1) is 36.2. The summed E-state index contributed by atoms with van der Waals surface area (Å²) in [6, 6.07) is 78.3. The van der Waals surface area contributed by atoms with Crippen LogP contribution in [0.5, 0.6) is 0 Å². The number of rotatable bonds is 5. The van der Waals surface area contributed by atoms with Crippen LogP contribution in [0.1, 0.15) is 30.1 Å². The monoisotopic (exact) mass is 830 g/mol. The fourth-order valence-corrected chi connectivity index (χ4v) is 11.5. The molecular weight excluding hydrogens is 789 g/mol. The maximum absolute atomic E-state index is 2.56. The first-order valence-electron chi connectivity index (χ1n) is 22.7. The van der Waals surface area contributed by atoms with Crippen LogP contribution in [0.3, 0.4) is 0 Å². The minimum Gasteiger partial charge on any atom is -0.333 e. The molecule has 0 amide bonds. The van der Waals surface area contributed by atoms with E-state index in [1.165, 1.54) is 104 Å². The van der Waals surface area contributed by atoms with Gasteiger partial charge in [0.05, 0.1) is 33.6 Å². The topological polar surface area (TPSA) is 19.7 Å². The van der Waals surface area contributed by atoms with Gasteiger partial charge in [-0.2, -0.15) is 0 Å². The van der Waals surface area contributed by atoms with Gasteiger partial charge < -0.3 is 18.3 Å². The van der Waals surface area contributed by atoms with Crippen LogP contribution in [0.4, 0.5) is 0 Å². The van der Waals surface area contributed by atoms with Gasteiger partial charge >= 0.3 is 0 Å². The Balaban J connectivity index is 0.846. The van der Waals surface area contributed by atoms with Crippen molar-refractivity contribution in [2.45, 2.75) is 18.9 Å². The maximum atomic E-state index is 2.56. The fraction of sp³-hybridized carbons (Fsp3) is 0.0492. The lowest BCUT2D eigenvalue weighted by atomic mass is 9.88. The van der Waals surface area contributed by atoms with Crippen LogP contribution in [0.15, 0.2) is 218 Å². The van der Waals surface area contributed by atoms with Crippen molar-refractivity contribution >= 4 is 82.4 Å². The van der Waals surface area contributed by atoms with E-state index in [2.05, 4.69) is 250 Å². The number of hydrogen-bond acceptors (Lipinski definition) is 0. The van der Waals surface area contributed by atoms with Gasteiger partial charge in [0.15, 0.2) is 0 Å². The zero-order chi connectivity index (χ0) is 42.8. The Kier molecular flexibility index (Phi) is 7.70. The molecule has 13 aromatic rings. The summed E-state index contributed by atoms with van der Waals surface area (Å²) in [5.74, 6) is 0.215. The molecule has 4 heterocycles. The molecule has 0 saturated carbocycles. The molecule has 0 radical (unpaired) electrons. The number of allylic oxidation sites excluding steroid dienone is 1. The van der Waals surface area contributed by atoms with Crippen LogP contribution < -0.4 is 0 Å². The minimum atomic E-state index is 0.155. The summed E-state index contributed by atoms with van der Waals surface area (Å²) < 4.78 is 9.92. The molecule has 0 N–H and O–H groups in total. The van der Waals surface area contributed by atoms with Crippen molar-refractivity contribution in [2.75, 3.05) is 0 Å². The molecule has 0 aliphatic heterocycles. The highest BCUT2D eigenvalue weighted by molar-refractivity contribution is 6.12. The summed E-state index contributed by atoms with van der Waals surface area (Å²) >= 11 is 0. The third kappa shape index (κ3) is 5.19. The molecule has 4 aromatic heterocycles. The van der Waals surface area contributed by atoms with E-state index in [0.29, 0.717) is 0 Å². The van der Waals surface area contributed by atoms with E-state index >= 15 is 0 Å². The zero-order valence-corrected chi connectivity index (χ0v) is 35.8. The van der Waals surface area contributed by atoms with Gasteiger partial charge in [-0.05, 0) is 83.9 Å². The number of nitrogens with zero attached hydrogens (tertiary/aromatic N) is 4. The van der Waals surface area contributed by atoms with Gasteiger partial charge in [0.25, 0.3) is 0 Å². The van der Waals surface area contributed by atoms with Crippen molar-refractivity contribution in [3.05, 3.63) is 230 Å². The van der Waals surface area contributed by atoms with E-state index in [4.69, 9.17) is 0 Å². The van der Waals surface area contributed by atoms with E-state index < -0.39 is 0 Å². The highest BCUT2D eigenvalue weighted by atomic mass is 15.1. The van der Waals surface area contributed by atoms with Gasteiger partial charge in [0.1, 0.15) is 0 Å². The number of para-hydroxylation sites is 6. The van der Waals surface area contributed by atoms with Crippen LogP contribution in [0, 0.1) is 0 Å². The molecule has 4 nitrogen and oxygen atoms in total. The molecule has 0 saturated heterocycles. The molecule has 0 fully saturated rings. The summed E-state index contributed by atoms with van der Waals surface area (Å²) in [5, 5.41) is 8.93. The van der Waals surface area contributed by atoms with E-state index in [1.54, 1.807) is 0 Å². The van der Waals surface area contributed by atoms with Crippen molar-refractivity contribution in [3.8, 4) is 28.2 Å². The summed E-state index contributed by atoms with van der Waals surface area (Å²) in [6.07, 6.45) is 4.81. The lowest BCUT2D eigenvalue weighted by Gasteiger charge is -2.30. The molecule has 1 aliphatic rings. The average molecular weight is 831 g/mol. The Morgan fingerprint density at radius 3 is 1.20 bits per heavy atom. The molecular formula is C61H42N4. The van der Waals surface area contributed by atoms with E-state index in [0.717, 1.165) is 11.4 Å². The van der Waals surface area contributed by atoms with Crippen LogP contribution in [-0.2, 0) is 0 Å². The normalized spacial score (nSPS) is 15.1. The second-order valence-corrected chi connectivity index (χ2v) is 17.7. The van der Waals surface area contributed by atoms with Crippen LogP contribution >= 0.6 is 0 Å². The van der Waals surface area contributed by atoms with Crippen molar-refractivity contribution in [3.63, 3.8) is 0 Å². The molecule has 65 heavy (non-hydrogen) atoms. The standard InChI is InChI=1S/C61H42N4/c1-39-53(65-58-24-12-5-16-47(58)48-17-6-13-25-59(48)65)37-36-52-50-19-7-11-23-57(50)64(61(39)52)43-32-28-41(29-33-43)40-26-30-42(31-27-40)62-54-20-8-4-18-49(54)51-35-34-44(38-60(51)62)63-55-21-9-2-14-45(55)46-15-3-10-22-56(46)63/h2-39,53H,1H3/t39?,53-/m0/s1. The Hall–Kier alpha value is -8.34. The number of fused-ring (bicyclic) bond motifs is 12. The van der Waals surface area contributed by atoms with Gasteiger partial charge in [-0.1, -0.05) is 159 Å². The van der Waals surface area contributed by atoms with Gasteiger partial charge in [-0.15, -0.1) is 0 Å². The van der Waals surface area contributed by atoms with Crippen molar-refractivity contribution < 1.29 is 0 Å². The van der Waals surface area contributed by atoms with Crippen LogP contribution in [0.2, 0.25) is 0 Å². The predicted octanol–water partition coefficient (Wildman–Crippen LogP) is 16.0. The van der Waals surface area contributed by atoms with E-state index in [1.807, 2.05) is 0 Å². The quantitative estimate of drug-likeness (QED) is 0.165. The number of benzene rings is 9. The molecule has 1 unspecified atom stereocenters. The summed E-state index contributed by atoms with van der Waals surface area (Å²) in [7, 11) is 0. The van der Waals surface area contributed by atoms with Gasteiger partial charge in [0.2, 0.25) is 0 Å². The lowest BCUT2D eigenvalue weighted by Crippen LogP contribution is -2.19. The number of hydrogen-bond donors (Lipinski definition) is 0. The summed E-state index contributed by atoms with van der Waals surface area (Å²) in [6.45, 7) is 2.41. The first-order chi connectivity index (χ1) is 32.2. The van der Waals surface area contributed by atoms with Gasteiger partial charge in [0, 0.05) is 83.0 Å². The van der Waals surface area contributed by atoms with E-state index in [-0.39, 0.29) is 12.0 Å². The minimum absolute atomic E-state index is 0.155. The SMILES string of the molecule is CC1c2c(c3ccccc3n2-c2ccc(-c3ccc(-n4c5ccccc5c5ccc(-n6c7ccccc7c7ccccc76)cc54)cc3)cc2)C=C[C@@H]1n1c2ccccc2c2ccccc21. The first-order valence-corrected chi connectivity index (χ1v) is 22.7.